The van der Waals surface area contributed by atoms with E-state index in [0.717, 1.165) is 5.56 Å². The number of rotatable bonds is 5. The summed E-state index contributed by atoms with van der Waals surface area (Å²) in [6.45, 7) is 0.288. The number of para-hydroxylation sites is 1. The number of ketones is 1. The molecule has 3 aromatic rings. The highest BCUT2D eigenvalue weighted by molar-refractivity contribution is 6.31. The van der Waals surface area contributed by atoms with Crippen molar-refractivity contribution in [3.8, 4) is 11.5 Å². The molecule has 5 rings (SSSR count). The Labute approximate surface area is 183 Å². The number of halogens is 1. The zero-order valence-corrected chi connectivity index (χ0v) is 17.1. The first kappa shape index (κ1) is 19.6. The number of hydrogen-bond donors (Lipinski definition) is 1. The average Bonchev–Trinajstić information content (AvgIpc) is 3.32. The Morgan fingerprint density at radius 1 is 1.03 bits per heavy atom. The summed E-state index contributed by atoms with van der Waals surface area (Å²) in [5, 5.41) is 12.0. The monoisotopic (exact) mass is 435 g/mol. The van der Waals surface area contributed by atoms with Crippen molar-refractivity contribution in [3.63, 3.8) is 0 Å². The van der Waals surface area contributed by atoms with Crippen molar-refractivity contribution in [2.45, 2.75) is 18.6 Å². The molecule has 3 aromatic carbocycles. The maximum atomic E-state index is 13.4. The number of fused-ring (bicyclic) bond motifs is 2. The Morgan fingerprint density at radius 3 is 2.61 bits per heavy atom. The minimum Gasteiger partial charge on any atom is -0.454 e. The average molecular weight is 436 g/mol. The first-order chi connectivity index (χ1) is 15.0. The number of benzene rings is 3. The number of anilines is 1. The van der Waals surface area contributed by atoms with Gasteiger partial charge in [0.1, 0.15) is 0 Å². The lowest BCUT2D eigenvalue weighted by atomic mass is 9.88. The Bertz CT molecular complexity index is 1210. The molecule has 0 fully saturated rings. The minimum atomic E-state index is -1.97. The lowest BCUT2D eigenvalue weighted by molar-refractivity contribution is -0.136. The summed E-state index contributed by atoms with van der Waals surface area (Å²) in [7, 11) is 0. The second-order valence-corrected chi connectivity index (χ2v) is 7.94. The molecule has 0 aromatic heterocycles. The van der Waals surface area contributed by atoms with Gasteiger partial charge in [-0.25, -0.2) is 0 Å². The molecule has 1 atom stereocenters. The van der Waals surface area contributed by atoms with Gasteiger partial charge in [0.15, 0.2) is 22.9 Å². The molecule has 31 heavy (non-hydrogen) atoms. The summed E-state index contributed by atoms with van der Waals surface area (Å²) in [6, 6.07) is 19.0. The van der Waals surface area contributed by atoms with Crippen molar-refractivity contribution in [2.24, 2.45) is 0 Å². The molecule has 0 bridgehead atoms. The number of Topliss-reactive ketones (excluding diaryl/α,β-unsaturated/α-hetero) is 1. The molecule has 156 valence electrons. The lowest BCUT2D eigenvalue weighted by Crippen LogP contribution is -2.41. The van der Waals surface area contributed by atoms with E-state index < -0.39 is 11.5 Å². The van der Waals surface area contributed by atoms with Crippen molar-refractivity contribution in [2.75, 3.05) is 11.7 Å². The fraction of sp³-hybridized carbons (Fsp3) is 0.167. The number of nitrogens with zero attached hydrogens (tertiary/aromatic N) is 1. The summed E-state index contributed by atoms with van der Waals surface area (Å²) in [4.78, 5) is 27.9. The highest BCUT2D eigenvalue weighted by Crippen LogP contribution is 2.44. The largest absolute Gasteiger partial charge is 0.454 e. The second-order valence-electron chi connectivity index (χ2n) is 7.53. The summed E-state index contributed by atoms with van der Waals surface area (Å²) < 4.78 is 10.6. The van der Waals surface area contributed by atoms with Crippen LogP contribution in [0, 0.1) is 0 Å². The van der Waals surface area contributed by atoms with Crippen LogP contribution in [0.2, 0.25) is 5.02 Å². The van der Waals surface area contributed by atoms with Gasteiger partial charge in [-0.1, -0.05) is 48.0 Å². The van der Waals surface area contributed by atoms with E-state index in [1.807, 2.05) is 18.2 Å². The predicted octanol–water partition coefficient (Wildman–Crippen LogP) is 4.08. The number of carbonyl (C=O) groups excluding carboxylic acids is 2. The summed E-state index contributed by atoms with van der Waals surface area (Å²) in [5.74, 6) is 0.103. The van der Waals surface area contributed by atoms with Gasteiger partial charge < -0.3 is 19.5 Å². The molecule has 0 saturated carbocycles. The van der Waals surface area contributed by atoms with Crippen molar-refractivity contribution in [3.05, 3.63) is 88.4 Å². The molecule has 0 aliphatic carbocycles. The molecule has 7 heteroatoms. The molecule has 1 amide bonds. The highest BCUT2D eigenvalue weighted by atomic mass is 35.5. The van der Waals surface area contributed by atoms with E-state index in [-0.39, 0.29) is 25.5 Å². The third-order valence-corrected chi connectivity index (χ3v) is 6.01. The van der Waals surface area contributed by atoms with Crippen molar-refractivity contribution < 1.29 is 24.2 Å². The van der Waals surface area contributed by atoms with Crippen molar-refractivity contribution in [1.82, 2.24) is 0 Å². The van der Waals surface area contributed by atoms with Gasteiger partial charge in [-0.15, -0.1) is 0 Å². The van der Waals surface area contributed by atoms with E-state index in [9.17, 15) is 14.7 Å². The normalized spacial score (nSPS) is 18.9. The smallest absolute Gasteiger partial charge is 0.264 e. The molecule has 2 heterocycles. The van der Waals surface area contributed by atoms with Crippen LogP contribution >= 0.6 is 11.6 Å². The fourth-order valence-corrected chi connectivity index (χ4v) is 4.23. The zero-order chi connectivity index (χ0) is 21.6. The minimum absolute atomic E-state index is 0.0970. The molecule has 0 spiro atoms. The van der Waals surface area contributed by atoms with Gasteiger partial charge in [0, 0.05) is 16.1 Å². The third kappa shape index (κ3) is 3.24. The molecule has 0 radical (unpaired) electrons. The zero-order valence-electron chi connectivity index (χ0n) is 16.4. The third-order valence-electron chi connectivity index (χ3n) is 5.64. The van der Waals surface area contributed by atoms with Crippen LogP contribution in [-0.4, -0.2) is 23.6 Å². The second kappa shape index (κ2) is 7.41. The Morgan fingerprint density at radius 2 is 1.77 bits per heavy atom. The van der Waals surface area contributed by atoms with Crippen LogP contribution in [0.25, 0.3) is 0 Å². The van der Waals surface area contributed by atoms with E-state index in [0.29, 0.717) is 33.3 Å². The van der Waals surface area contributed by atoms with Crippen LogP contribution < -0.4 is 14.4 Å². The molecule has 2 aliphatic rings. The molecular weight excluding hydrogens is 418 g/mol. The van der Waals surface area contributed by atoms with E-state index in [2.05, 4.69) is 0 Å². The van der Waals surface area contributed by atoms with Crippen LogP contribution in [0.5, 0.6) is 11.5 Å². The summed E-state index contributed by atoms with van der Waals surface area (Å²) in [5.41, 5.74) is 0.0893. The molecule has 6 nitrogen and oxygen atoms in total. The molecule has 0 saturated heterocycles. The van der Waals surface area contributed by atoms with Crippen LogP contribution in [0.4, 0.5) is 5.69 Å². The van der Waals surface area contributed by atoms with Gasteiger partial charge in [-0.2, -0.15) is 0 Å². The van der Waals surface area contributed by atoms with E-state index in [4.69, 9.17) is 21.1 Å². The molecule has 1 N–H and O–H groups in total. The SMILES string of the molecule is O=C(C[C@@]1(O)C(=O)N(Cc2ccccc2Cl)c2ccccc21)c1ccc2c(c1)OCO2. The van der Waals surface area contributed by atoms with Crippen molar-refractivity contribution in [1.29, 1.82) is 0 Å². The van der Waals surface area contributed by atoms with E-state index in [1.165, 1.54) is 4.90 Å². The predicted molar refractivity (Wildman–Crippen MR) is 114 cm³/mol. The van der Waals surface area contributed by atoms with Gasteiger partial charge in [-0.05, 0) is 35.9 Å². The lowest BCUT2D eigenvalue weighted by Gasteiger charge is -2.23. The number of aliphatic hydroxyl groups is 1. The van der Waals surface area contributed by atoms with Gasteiger partial charge in [-0.3, -0.25) is 9.59 Å². The number of ether oxygens (including phenoxy) is 2. The van der Waals surface area contributed by atoms with E-state index >= 15 is 0 Å². The van der Waals surface area contributed by atoms with E-state index in [1.54, 1.807) is 48.5 Å². The Balaban J connectivity index is 1.47. The van der Waals surface area contributed by atoms with Crippen LogP contribution in [-0.2, 0) is 16.9 Å². The van der Waals surface area contributed by atoms with Gasteiger partial charge in [0.05, 0.1) is 18.7 Å². The van der Waals surface area contributed by atoms with Crippen LogP contribution in [0.15, 0.2) is 66.7 Å². The highest BCUT2D eigenvalue weighted by Gasteiger charge is 2.50. The van der Waals surface area contributed by atoms with Gasteiger partial charge in [0.2, 0.25) is 6.79 Å². The first-order valence-electron chi connectivity index (χ1n) is 9.77. The first-order valence-corrected chi connectivity index (χ1v) is 10.2. The quantitative estimate of drug-likeness (QED) is 0.611. The Kier molecular flexibility index (Phi) is 4.68. The molecular formula is C24H18ClNO5. The standard InChI is InChI=1S/C24H18ClNO5/c25-18-7-3-1-5-16(18)13-26-19-8-4-2-6-17(19)24(29,23(26)28)12-20(27)15-9-10-21-22(11-15)31-14-30-21/h1-11,29H,12-14H2/t24-/m0/s1. The fourth-order valence-electron chi connectivity index (χ4n) is 4.04. The number of hydrogen-bond acceptors (Lipinski definition) is 5. The molecule has 0 unspecified atom stereocenters. The topological polar surface area (TPSA) is 76.1 Å². The number of carbonyl (C=O) groups is 2. The van der Waals surface area contributed by atoms with Gasteiger partial charge in [0.25, 0.3) is 5.91 Å². The van der Waals surface area contributed by atoms with Crippen LogP contribution in [0.1, 0.15) is 27.9 Å². The summed E-state index contributed by atoms with van der Waals surface area (Å²) >= 11 is 6.28. The number of amides is 1. The molecule has 2 aliphatic heterocycles. The maximum absolute atomic E-state index is 13.4. The summed E-state index contributed by atoms with van der Waals surface area (Å²) in [6.07, 6.45) is -0.387. The van der Waals surface area contributed by atoms with Gasteiger partial charge >= 0.3 is 0 Å². The van der Waals surface area contributed by atoms with Crippen molar-refractivity contribution >= 4 is 29.0 Å². The van der Waals surface area contributed by atoms with Crippen LogP contribution in [0.3, 0.4) is 0 Å². The maximum Gasteiger partial charge on any atom is 0.264 e. The Hall–Kier alpha value is -3.35.